The number of benzene rings is 2. The van der Waals surface area contributed by atoms with Gasteiger partial charge in [-0.25, -0.2) is 4.39 Å². The third kappa shape index (κ3) is 4.21. The number of rotatable bonds is 6. The third-order valence-electron chi connectivity index (χ3n) is 3.87. The predicted molar refractivity (Wildman–Crippen MR) is 90.4 cm³/mol. The molecule has 0 saturated heterocycles. The second-order valence-corrected chi connectivity index (χ2v) is 6.26. The molecule has 6 heteroatoms. The van der Waals surface area contributed by atoms with Crippen molar-refractivity contribution in [1.29, 1.82) is 0 Å². The Labute approximate surface area is 145 Å². The van der Waals surface area contributed by atoms with Gasteiger partial charge < -0.3 is 19.5 Å². The molecule has 0 unspecified atom stereocenters. The summed E-state index contributed by atoms with van der Waals surface area (Å²) in [5.41, 5.74) is -0.0194. The minimum absolute atomic E-state index is 0.238. The van der Waals surface area contributed by atoms with E-state index in [0.29, 0.717) is 18.7 Å². The van der Waals surface area contributed by atoms with Crippen LogP contribution in [0.15, 0.2) is 42.5 Å². The van der Waals surface area contributed by atoms with Gasteiger partial charge in [0.2, 0.25) is 6.79 Å². The van der Waals surface area contributed by atoms with Crippen LogP contribution in [0.4, 0.5) is 4.39 Å². The molecule has 0 radical (unpaired) electrons. The van der Waals surface area contributed by atoms with Crippen LogP contribution in [0.5, 0.6) is 17.2 Å². The summed E-state index contributed by atoms with van der Waals surface area (Å²) < 4.78 is 29.2. The largest absolute Gasteiger partial charge is 0.478 e. The maximum absolute atomic E-state index is 12.9. The van der Waals surface area contributed by atoms with E-state index in [1.165, 1.54) is 24.3 Å². The topological polar surface area (TPSA) is 56.8 Å². The summed E-state index contributed by atoms with van der Waals surface area (Å²) in [5.74, 6) is 1.32. The maximum atomic E-state index is 12.9. The molecule has 0 bridgehead atoms. The highest BCUT2D eigenvalue weighted by Gasteiger charge is 2.29. The normalized spacial score (nSPS) is 12.8. The van der Waals surface area contributed by atoms with Gasteiger partial charge in [-0.05, 0) is 62.2 Å². The molecule has 0 saturated carbocycles. The van der Waals surface area contributed by atoms with E-state index >= 15 is 0 Å². The molecule has 3 rings (SSSR count). The Morgan fingerprint density at radius 2 is 1.88 bits per heavy atom. The molecule has 0 aliphatic carbocycles. The molecule has 0 aromatic heterocycles. The summed E-state index contributed by atoms with van der Waals surface area (Å²) in [5, 5.41) is 2.86. The second kappa shape index (κ2) is 7.01. The van der Waals surface area contributed by atoms with Crippen LogP contribution < -0.4 is 19.5 Å². The quantitative estimate of drug-likeness (QED) is 0.874. The molecule has 0 fully saturated rings. The van der Waals surface area contributed by atoms with Gasteiger partial charge in [-0.3, -0.25) is 4.79 Å². The zero-order valence-electron chi connectivity index (χ0n) is 14.2. The SMILES string of the molecule is CC(C)(Oc1ccc(F)cc1)C(=O)NCCc1ccc2c(c1)OCO2. The van der Waals surface area contributed by atoms with Crippen molar-refractivity contribution in [3.63, 3.8) is 0 Å². The molecule has 5 nitrogen and oxygen atoms in total. The zero-order valence-corrected chi connectivity index (χ0v) is 14.2. The molecular weight excluding hydrogens is 325 g/mol. The lowest BCUT2D eigenvalue weighted by molar-refractivity contribution is -0.134. The minimum Gasteiger partial charge on any atom is -0.478 e. The molecule has 1 amide bonds. The number of hydrogen-bond donors (Lipinski definition) is 1. The van der Waals surface area contributed by atoms with Crippen LogP contribution >= 0.6 is 0 Å². The minimum atomic E-state index is -1.06. The van der Waals surface area contributed by atoms with Crippen LogP contribution in [0.2, 0.25) is 0 Å². The van der Waals surface area contributed by atoms with Crippen molar-refractivity contribution in [3.05, 3.63) is 53.8 Å². The number of fused-ring (bicyclic) bond motifs is 1. The monoisotopic (exact) mass is 345 g/mol. The van der Waals surface area contributed by atoms with Gasteiger partial charge in [0.25, 0.3) is 5.91 Å². The summed E-state index contributed by atoms with van der Waals surface area (Å²) in [6, 6.07) is 11.3. The number of ether oxygens (including phenoxy) is 3. The van der Waals surface area contributed by atoms with Crippen molar-refractivity contribution in [1.82, 2.24) is 5.32 Å². The van der Waals surface area contributed by atoms with Crippen LogP contribution in [0, 0.1) is 5.82 Å². The van der Waals surface area contributed by atoms with Gasteiger partial charge >= 0.3 is 0 Å². The fourth-order valence-corrected chi connectivity index (χ4v) is 2.47. The lowest BCUT2D eigenvalue weighted by atomic mass is 10.1. The van der Waals surface area contributed by atoms with E-state index in [9.17, 15) is 9.18 Å². The van der Waals surface area contributed by atoms with Gasteiger partial charge in [0.1, 0.15) is 11.6 Å². The van der Waals surface area contributed by atoms with Gasteiger partial charge in [-0.1, -0.05) is 6.07 Å². The molecule has 1 heterocycles. The van der Waals surface area contributed by atoms with Gasteiger partial charge in [0, 0.05) is 6.54 Å². The van der Waals surface area contributed by atoms with Gasteiger partial charge in [0.15, 0.2) is 17.1 Å². The van der Waals surface area contributed by atoms with E-state index in [1.54, 1.807) is 13.8 Å². The molecule has 1 aliphatic rings. The molecule has 2 aromatic rings. The fourth-order valence-electron chi connectivity index (χ4n) is 2.47. The van der Waals surface area contributed by atoms with Crippen molar-refractivity contribution < 1.29 is 23.4 Å². The van der Waals surface area contributed by atoms with E-state index in [4.69, 9.17) is 14.2 Å². The second-order valence-electron chi connectivity index (χ2n) is 6.26. The lowest BCUT2D eigenvalue weighted by Crippen LogP contribution is -2.47. The molecule has 25 heavy (non-hydrogen) atoms. The maximum Gasteiger partial charge on any atom is 0.263 e. The first kappa shape index (κ1) is 17.1. The van der Waals surface area contributed by atoms with E-state index < -0.39 is 5.60 Å². The Kier molecular flexibility index (Phi) is 4.79. The number of carbonyl (C=O) groups excluding carboxylic acids is 1. The molecular formula is C19H20FNO4. The van der Waals surface area contributed by atoms with E-state index in [0.717, 1.165) is 17.1 Å². The molecule has 1 aliphatic heterocycles. The van der Waals surface area contributed by atoms with Crippen molar-refractivity contribution >= 4 is 5.91 Å². The molecule has 0 atom stereocenters. The molecule has 2 aromatic carbocycles. The number of hydrogen-bond acceptors (Lipinski definition) is 4. The summed E-state index contributed by atoms with van der Waals surface area (Å²) in [4.78, 5) is 12.4. The number of nitrogens with one attached hydrogen (secondary N) is 1. The fraction of sp³-hybridized carbons (Fsp3) is 0.316. The first-order chi connectivity index (χ1) is 11.9. The third-order valence-corrected chi connectivity index (χ3v) is 3.87. The van der Waals surface area contributed by atoms with Crippen LogP contribution in [0.25, 0.3) is 0 Å². The van der Waals surface area contributed by atoms with Crippen molar-refractivity contribution in [2.45, 2.75) is 25.9 Å². The summed E-state index contributed by atoms with van der Waals surface area (Å²) >= 11 is 0. The Morgan fingerprint density at radius 1 is 1.16 bits per heavy atom. The van der Waals surface area contributed by atoms with Crippen LogP contribution in [0.3, 0.4) is 0 Å². The summed E-state index contributed by atoms with van der Waals surface area (Å²) in [6.07, 6.45) is 0.662. The van der Waals surface area contributed by atoms with Gasteiger partial charge in [0.05, 0.1) is 0 Å². The Morgan fingerprint density at radius 3 is 2.64 bits per heavy atom. The molecule has 0 spiro atoms. The predicted octanol–water partition coefficient (Wildman–Crippen LogP) is 3.07. The van der Waals surface area contributed by atoms with Crippen molar-refractivity contribution in [3.8, 4) is 17.2 Å². The van der Waals surface area contributed by atoms with Crippen LogP contribution in [-0.4, -0.2) is 24.8 Å². The standard InChI is InChI=1S/C19H20FNO4/c1-19(2,25-15-6-4-14(20)5-7-15)18(22)21-10-9-13-3-8-16-17(11-13)24-12-23-16/h3-8,11H,9-10,12H2,1-2H3,(H,21,22). The Bertz CT molecular complexity index is 759. The smallest absolute Gasteiger partial charge is 0.263 e. The average Bonchev–Trinajstić information content (AvgIpc) is 3.04. The van der Waals surface area contributed by atoms with Crippen LogP contribution in [0.1, 0.15) is 19.4 Å². The molecule has 132 valence electrons. The lowest BCUT2D eigenvalue weighted by Gasteiger charge is -2.25. The van der Waals surface area contributed by atoms with Crippen molar-refractivity contribution in [2.75, 3.05) is 13.3 Å². The highest BCUT2D eigenvalue weighted by atomic mass is 19.1. The van der Waals surface area contributed by atoms with Crippen LogP contribution in [-0.2, 0) is 11.2 Å². The Hall–Kier alpha value is -2.76. The number of halogens is 1. The highest BCUT2D eigenvalue weighted by Crippen LogP contribution is 2.32. The summed E-state index contributed by atoms with van der Waals surface area (Å²) in [6.45, 7) is 4.05. The van der Waals surface area contributed by atoms with Crippen molar-refractivity contribution in [2.24, 2.45) is 0 Å². The summed E-state index contributed by atoms with van der Waals surface area (Å²) in [7, 11) is 0. The first-order valence-corrected chi connectivity index (χ1v) is 8.05. The Balaban J connectivity index is 1.51. The van der Waals surface area contributed by atoms with Gasteiger partial charge in [-0.2, -0.15) is 0 Å². The number of carbonyl (C=O) groups is 1. The first-order valence-electron chi connectivity index (χ1n) is 8.05. The zero-order chi connectivity index (χ0) is 17.9. The van der Waals surface area contributed by atoms with Gasteiger partial charge in [-0.15, -0.1) is 0 Å². The highest BCUT2D eigenvalue weighted by molar-refractivity contribution is 5.84. The van der Waals surface area contributed by atoms with E-state index in [1.807, 2.05) is 18.2 Å². The molecule has 1 N–H and O–H groups in total. The average molecular weight is 345 g/mol. The van der Waals surface area contributed by atoms with E-state index in [-0.39, 0.29) is 18.5 Å². The number of amides is 1. The van der Waals surface area contributed by atoms with E-state index in [2.05, 4.69) is 5.32 Å².